The molecule has 2 rings (SSSR count). The van der Waals surface area contributed by atoms with Gasteiger partial charge in [0.05, 0.1) is 6.20 Å². The minimum atomic E-state index is 0.733. The van der Waals surface area contributed by atoms with Gasteiger partial charge in [0.15, 0.2) is 6.07 Å². The molecule has 0 aliphatic carbocycles. The quantitative estimate of drug-likeness (QED) is 0.553. The molecule has 0 aromatic carbocycles. The number of aromatic nitrogens is 2. The van der Waals surface area contributed by atoms with Crippen molar-refractivity contribution in [3.8, 4) is 17.9 Å². The molecule has 0 radical (unpaired) electrons. The second-order valence-corrected chi connectivity index (χ2v) is 2.43. The first-order valence-electron chi connectivity index (χ1n) is 3.74. The number of nitrogens with zero attached hydrogens (tertiary/aromatic N) is 3. The molecule has 0 saturated carbocycles. The Labute approximate surface area is 75.3 Å². The zero-order chi connectivity index (χ0) is 9.10. The minimum absolute atomic E-state index is 0.733. The largest absolute Gasteiger partial charge is 0.293 e. The molecular weight excluding hydrogens is 162 g/mol. The van der Waals surface area contributed by atoms with E-state index in [9.17, 15) is 0 Å². The Morgan fingerprint density at radius 1 is 1.38 bits per heavy atom. The highest BCUT2D eigenvalue weighted by Gasteiger charge is 1.96. The van der Waals surface area contributed by atoms with Gasteiger partial charge in [-0.2, -0.15) is 5.26 Å². The van der Waals surface area contributed by atoms with E-state index >= 15 is 0 Å². The predicted octanol–water partition coefficient (Wildman–Crippen LogP) is 1.21. The second kappa shape index (κ2) is 3.00. The fourth-order valence-corrected chi connectivity index (χ4v) is 1.12. The van der Waals surface area contributed by atoms with Crippen LogP contribution in [-0.2, 0) is 0 Å². The maximum Gasteiger partial charge on any atom is 0.152 e. The lowest BCUT2D eigenvalue weighted by molar-refractivity contribution is 1.16. The molecule has 2 heterocycles. The van der Waals surface area contributed by atoms with Gasteiger partial charge in [-0.25, -0.2) is 4.98 Å². The monoisotopic (exact) mass is 167 g/mol. The van der Waals surface area contributed by atoms with Gasteiger partial charge in [0, 0.05) is 12.1 Å². The van der Waals surface area contributed by atoms with Crippen molar-refractivity contribution in [1.82, 2.24) is 9.38 Å². The lowest BCUT2D eigenvalue weighted by Crippen LogP contribution is -1.85. The van der Waals surface area contributed by atoms with Crippen molar-refractivity contribution in [3.05, 3.63) is 36.3 Å². The molecular formula is C10H5N3. The van der Waals surface area contributed by atoms with E-state index in [1.54, 1.807) is 12.3 Å². The SMILES string of the molecule is N#CC#Cc1cnc2ccccn12. The standard InChI is InChI=1S/C10H5N3/c11-6-3-4-9-8-12-10-5-1-2-7-13(9)10/h1-2,5,7-8H. The molecule has 13 heavy (non-hydrogen) atoms. The lowest BCUT2D eigenvalue weighted by Gasteiger charge is -1.91. The molecule has 2 aromatic rings. The van der Waals surface area contributed by atoms with Crippen LogP contribution in [0, 0.1) is 23.2 Å². The number of hydrogen-bond donors (Lipinski definition) is 0. The third kappa shape index (κ3) is 1.23. The molecule has 2 aromatic heterocycles. The summed E-state index contributed by atoms with van der Waals surface area (Å²) in [6, 6.07) is 7.46. The van der Waals surface area contributed by atoms with E-state index in [0.29, 0.717) is 0 Å². The van der Waals surface area contributed by atoms with Crippen molar-refractivity contribution in [3.63, 3.8) is 0 Å². The Hall–Kier alpha value is -2.26. The van der Waals surface area contributed by atoms with E-state index in [1.807, 2.05) is 28.8 Å². The molecule has 3 nitrogen and oxygen atoms in total. The number of hydrogen-bond acceptors (Lipinski definition) is 2. The van der Waals surface area contributed by atoms with Gasteiger partial charge in [0.2, 0.25) is 0 Å². The van der Waals surface area contributed by atoms with Crippen molar-refractivity contribution in [1.29, 1.82) is 5.26 Å². The molecule has 0 unspecified atom stereocenters. The van der Waals surface area contributed by atoms with Crippen molar-refractivity contribution in [2.45, 2.75) is 0 Å². The first-order chi connectivity index (χ1) is 6.42. The highest BCUT2D eigenvalue weighted by molar-refractivity contribution is 5.45. The minimum Gasteiger partial charge on any atom is -0.293 e. The van der Waals surface area contributed by atoms with Crippen LogP contribution in [0.1, 0.15) is 5.69 Å². The van der Waals surface area contributed by atoms with Crippen LogP contribution in [-0.4, -0.2) is 9.38 Å². The van der Waals surface area contributed by atoms with Crippen molar-refractivity contribution in [2.75, 3.05) is 0 Å². The molecule has 0 spiro atoms. The van der Waals surface area contributed by atoms with Gasteiger partial charge in [-0.05, 0) is 18.1 Å². The smallest absolute Gasteiger partial charge is 0.152 e. The van der Waals surface area contributed by atoms with Gasteiger partial charge in [-0.3, -0.25) is 4.40 Å². The number of fused-ring (bicyclic) bond motifs is 1. The Kier molecular flexibility index (Phi) is 1.71. The average Bonchev–Trinajstić information content (AvgIpc) is 2.58. The highest BCUT2D eigenvalue weighted by atomic mass is 15.0. The van der Waals surface area contributed by atoms with Gasteiger partial charge in [-0.1, -0.05) is 6.07 Å². The molecule has 0 N–H and O–H groups in total. The predicted molar refractivity (Wildman–Crippen MR) is 47.7 cm³/mol. The van der Waals surface area contributed by atoms with E-state index in [1.165, 1.54) is 0 Å². The number of imidazole rings is 1. The summed E-state index contributed by atoms with van der Waals surface area (Å²) in [6.45, 7) is 0. The van der Waals surface area contributed by atoms with Crippen LogP contribution >= 0.6 is 0 Å². The normalized spacial score (nSPS) is 8.85. The molecule has 0 aliphatic heterocycles. The molecule has 0 saturated heterocycles. The highest BCUT2D eigenvalue weighted by Crippen LogP contribution is 2.03. The van der Waals surface area contributed by atoms with Gasteiger partial charge in [0.25, 0.3) is 0 Å². The maximum absolute atomic E-state index is 8.28. The summed E-state index contributed by atoms with van der Waals surface area (Å²) in [6.07, 6.45) is 3.52. The first-order valence-corrected chi connectivity index (χ1v) is 3.74. The maximum atomic E-state index is 8.28. The van der Waals surface area contributed by atoms with E-state index in [-0.39, 0.29) is 0 Å². The molecule has 0 bridgehead atoms. The summed E-state index contributed by atoms with van der Waals surface area (Å²) in [5.41, 5.74) is 1.57. The number of rotatable bonds is 0. The first kappa shape index (κ1) is 7.39. The van der Waals surface area contributed by atoms with Crippen LogP contribution in [0.2, 0.25) is 0 Å². The van der Waals surface area contributed by atoms with Crippen molar-refractivity contribution < 1.29 is 0 Å². The Balaban J connectivity index is 2.66. The summed E-state index contributed by atoms with van der Waals surface area (Å²) in [7, 11) is 0. The third-order valence-electron chi connectivity index (χ3n) is 1.66. The Morgan fingerprint density at radius 2 is 2.31 bits per heavy atom. The summed E-state index contributed by atoms with van der Waals surface area (Å²) in [4.78, 5) is 4.12. The van der Waals surface area contributed by atoms with Gasteiger partial charge < -0.3 is 0 Å². The third-order valence-corrected chi connectivity index (χ3v) is 1.66. The van der Waals surface area contributed by atoms with Crippen LogP contribution in [0.3, 0.4) is 0 Å². The Morgan fingerprint density at radius 3 is 3.15 bits per heavy atom. The zero-order valence-electron chi connectivity index (χ0n) is 6.73. The van der Waals surface area contributed by atoms with Crippen LogP contribution in [0.4, 0.5) is 0 Å². The van der Waals surface area contributed by atoms with Crippen LogP contribution in [0.15, 0.2) is 30.6 Å². The van der Waals surface area contributed by atoms with Gasteiger partial charge in [0.1, 0.15) is 11.3 Å². The van der Waals surface area contributed by atoms with Gasteiger partial charge >= 0.3 is 0 Å². The van der Waals surface area contributed by atoms with E-state index in [0.717, 1.165) is 11.3 Å². The lowest BCUT2D eigenvalue weighted by atomic mass is 10.4. The molecule has 3 heteroatoms. The molecule has 0 atom stereocenters. The molecule has 0 aliphatic rings. The summed E-state index contributed by atoms with van der Waals surface area (Å²) >= 11 is 0. The molecule has 0 fully saturated rings. The summed E-state index contributed by atoms with van der Waals surface area (Å²) in [5, 5.41) is 8.28. The molecule has 0 amide bonds. The number of nitriles is 1. The van der Waals surface area contributed by atoms with Crippen molar-refractivity contribution in [2.24, 2.45) is 0 Å². The fraction of sp³-hybridized carbons (Fsp3) is 0. The summed E-state index contributed by atoms with van der Waals surface area (Å²) < 4.78 is 1.84. The second-order valence-electron chi connectivity index (χ2n) is 2.43. The van der Waals surface area contributed by atoms with E-state index in [2.05, 4.69) is 16.8 Å². The van der Waals surface area contributed by atoms with E-state index in [4.69, 9.17) is 5.26 Å². The van der Waals surface area contributed by atoms with Crippen molar-refractivity contribution >= 4 is 5.65 Å². The zero-order valence-corrected chi connectivity index (χ0v) is 6.73. The van der Waals surface area contributed by atoms with Crippen LogP contribution in [0.5, 0.6) is 0 Å². The number of pyridine rings is 1. The topological polar surface area (TPSA) is 41.1 Å². The average molecular weight is 167 g/mol. The fourth-order valence-electron chi connectivity index (χ4n) is 1.12. The van der Waals surface area contributed by atoms with Gasteiger partial charge in [-0.15, -0.1) is 0 Å². The van der Waals surface area contributed by atoms with E-state index < -0.39 is 0 Å². The van der Waals surface area contributed by atoms with Crippen LogP contribution < -0.4 is 0 Å². The summed E-state index contributed by atoms with van der Waals surface area (Å²) in [5.74, 6) is 5.04. The Bertz CT molecular complexity index is 534. The molecule has 60 valence electrons. The van der Waals surface area contributed by atoms with Crippen LogP contribution in [0.25, 0.3) is 5.65 Å².